The Morgan fingerprint density at radius 3 is 1.87 bits per heavy atom. The van der Waals surface area contributed by atoms with E-state index >= 15 is 0 Å². The van der Waals surface area contributed by atoms with Crippen LogP contribution in [0.3, 0.4) is 0 Å². The molecule has 9 nitrogen and oxygen atoms in total. The number of aromatic hydroxyl groups is 1. The van der Waals surface area contributed by atoms with Gasteiger partial charge in [-0.2, -0.15) is 0 Å². The monoisotopic (exact) mass is 532 g/mol. The Balaban J connectivity index is 1.63. The van der Waals surface area contributed by atoms with Crippen LogP contribution in [0.4, 0.5) is 11.4 Å². The molecule has 0 spiro atoms. The van der Waals surface area contributed by atoms with E-state index in [-0.39, 0.29) is 28.9 Å². The second kappa shape index (κ2) is 10.7. The molecule has 1 heterocycles. The lowest BCUT2D eigenvalue weighted by Crippen LogP contribution is -2.27. The van der Waals surface area contributed by atoms with Gasteiger partial charge in [0, 0.05) is 17.7 Å². The number of ether oxygens (including phenoxy) is 5. The fraction of sp³-hybridized carbons (Fsp3) is 0.300. The predicted molar refractivity (Wildman–Crippen MR) is 148 cm³/mol. The molecule has 0 aromatic heterocycles. The number of allylic oxidation sites excluding steroid dienone is 1. The van der Waals surface area contributed by atoms with Gasteiger partial charge in [0.25, 0.3) is 0 Å². The van der Waals surface area contributed by atoms with Gasteiger partial charge in [0.15, 0.2) is 28.8 Å². The summed E-state index contributed by atoms with van der Waals surface area (Å²) in [6.07, 6.45) is 0.874. The molecule has 3 aromatic carbocycles. The molecule has 9 heteroatoms. The first-order valence-electron chi connectivity index (χ1n) is 12.6. The van der Waals surface area contributed by atoms with E-state index in [9.17, 15) is 9.90 Å². The second-order valence-corrected chi connectivity index (χ2v) is 9.40. The van der Waals surface area contributed by atoms with Crippen molar-refractivity contribution in [3.63, 3.8) is 0 Å². The van der Waals surface area contributed by atoms with Crippen LogP contribution >= 0.6 is 0 Å². The van der Waals surface area contributed by atoms with E-state index in [4.69, 9.17) is 23.7 Å². The Morgan fingerprint density at radius 2 is 1.31 bits per heavy atom. The number of nitrogens with one attached hydrogen (secondary N) is 2. The summed E-state index contributed by atoms with van der Waals surface area (Å²) in [4.78, 5) is 14.0. The molecule has 1 aliphatic heterocycles. The number of phenolic OH excluding ortho intramolecular Hbond substituents is 1. The van der Waals surface area contributed by atoms with Crippen molar-refractivity contribution in [1.82, 2.24) is 0 Å². The van der Waals surface area contributed by atoms with Crippen molar-refractivity contribution in [3.8, 4) is 34.5 Å². The average Bonchev–Trinajstić information content (AvgIpc) is 3.13. The SMILES string of the molecule is COc1cc([C@@H]2Nc3ccccc3NC3=C2C(=O)C[C@@H](c2cc(OC)c(OC)c(OC)c2)C3)cc(OC)c1O. The van der Waals surface area contributed by atoms with Crippen LogP contribution in [0.5, 0.6) is 34.5 Å². The number of fused-ring (bicyclic) bond motifs is 1. The summed E-state index contributed by atoms with van der Waals surface area (Å²) in [7, 11) is 7.68. The van der Waals surface area contributed by atoms with Gasteiger partial charge in [-0.15, -0.1) is 0 Å². The first-order chi connectivity index (χ1) is 18.9. The zero-order valence-electron chi connectivity index (χ0n) is 22.6. The molecule has 204 valence electrons. The summed E-state index contributed by atoms with van der Waals surface area (Å²) < 4.78 is 27.4. The van der Waals surface area contributed by atoms with Crippen molar-refractivity contribution in [2.45, 2.75) is 24.8 Å². The van der Waals surface area contributed by atoms with Gasteiger partial charge < -0.3 is 39.4 Å². The second-order valence-electron chi connectivity index (χ2n) is 9.40. The van der Waals surface area contributed by atoms with E-state index < -0.39 is 6.04 Å². The van der Waals surface area contributed by atoms with Crippen LogP contribution in [-0.2, 0) is 4.79 Å². The number of carbonyl (C=O) groups excluding carboxylic acids is 1. The Bertz CT molecular complexity index is 1400. The number of benzene rings is 3. The van der Waals surface area contributed by atoms with Gasteiger partial charge in [-0.1, -0.05) is 12.1 Å². The fourth-order valence-electron chi connectivity index (χ4n) is 5.40. The number of carbonyl (C=O) groups is 1. The zero-order valence-corrected chi connectivity index (χ0v) is 22.6. The lowest BCUT2D eigenvalue weighted by molar-refractivity contribution is -0.116. The first-order valence-corrected chi connectivity index (χ1v) is 12.6. The molecule has 2 atom stereocenters. The standard InChI is InChI=1S/C30H32N2O7/c1-35-23-14-18(15-24(36-2)29(23)34)28-27-21(31-19-8-6-7-9-20(19)32-28)10-16(11-22(27)33)17-12-25(37-3)30(39-5)26(13-17)38-4/h6-9,12-16,28,31-32,34H,10-11H2,1-5H3/t16-,28-/m0/s1. The molecule has 1 aliphatic carbocycles. The summed E-state index contributed by atoms with van der Waals surface area (Å²) in [5.41, 5.74) is 4.81. The Hall–Kier alpha value is -4.53. The van der Waals surface area contributed by atoms with Crippen molar-refractivity contribution in [2.24, 2.45) is 0 Å². The molecule has 0 fully saturated rings. The van der Waals surface area contributed by atoms with Crippen molar-refractivity contribution in [1.29, 1.82) is 0 Å². The zero-order chi connectivity index (χ0) is 27.7. The molecule has 0 saturated heterocycles. The summed E-state index contributed by atoms with van der Waals surface area (Å²) in [5.74, 6) is 1.90. The van der Waals surface area contributed by atoms with Gasteiger partial charge >= 0.3 is 0 Å². The van der Waals surface area contributed by atoms with E-state index in [1.807, 2.05) is 36.4 Å². The van der Waals surface area contributed by atoms with Crippen molar-refractivity contribution in [2.75, 3.05) is 46.2 Å². The number of Topliss-reactive ketones (excluding diaryl/α,β-unsaturated/α-hetero) is 1. The van der Waals surface area contributed by atoms with Gasteiger partial charge in [0.2, 0.25) is 11.5 Å². The largest absolute Gasteiger partial charge is 0.502 e. The molecule has 0 saturated carbocycles. The summed E-state index contributed by atoms with van der Waals surface area (Å²) in [6.45, 7) is 0. The molecule has 0 bridgehead atoms. The summed E-state index contributed by atoms with van der Waals surface area (Å²) >= 11 is 0. The van der Waals surface area contributed by atoms with Gasteiger partial charge in [-0.05, 0) is 59.9 Å². The lowest BCUT2D eigenvalue weighted by atomic mass is 9.78. The molecular formula is C30H32N2O7. The number of ketones is 1. The highest BCUT2D eigenvalue weighted by molar-refractivity contribution is 6.01. The maximum atomic E-state index is 14.0. The number of para-hydroxylation sites is 2. The third-order valence-electron chi connectivity index (χ3n) is 7.30. The Kier molecular flexibility index (Phi) is 7.15. The lowest BCUT2D eigenvalue weighted by Gasteiger charge is -2.30. The first kappa shape index (κ1) is 26.1. The number of hydrogen-bond acceptors (Lipinski definition) is 9. The summed E-state index contributed by atoms with van der Waals surface area (Å²) in [6, 6.07) is 14.6. The fourth-order valence-corrected chi connectivity index (χ4v) is 5.40. The smallest absolute Gasteiger partial charge is 0.203 e. The van der Waals surface area contributed by atoms with E-state index in [1.165, 1.54) is 14.2 Å². The van der Waals surface area contributed by atoms with Crippen LogP contribution < -0.4 is 34.3 Å². The topological polar surface area (TPSA) is 108 Å². The highest BCUT2D eigenvalue weighted by Gasteiger charge is 2.37. The minimum Gasteiger partial charge on any atom is -0.502 e. The van der Waals surface area contributed by atoms with E-state index in [0.29, 0.717) is 35.7 Å². The highest BCUT2D eigenvalue weighted by Crippen LogP contribution is 2.48. The molecule has 2 aliphatic rings. The number of methoxy groups -OCH3 is 5. The molecule has 3 aromatic rings. The maximum Gasteiger partial charge on any atom is 0.203 e. The van der Waals surface area contributed by atoms with Crippen LogP contribution in [0.1, 0.15) is 35.9 Å². The van der Waals surface area contributed by atoms with Crippen LogP contribution in [0.15, 0.2) is 59.8 Å². The maximum absolute atomic E-state index is 14.0. The van der Waals surface area contributed by atoms with Crippen LogP contribution in [0.2, 0.25) is 0 Å². The third-order valence-corrected chi connectivity index (χ3v) is 7.30. The average molecular weight is 533 g/mol. The van der Waals surface area contributed by atoms with E-state index in [2.05, 4.69) is 10.6 Å². The normalized spacial score (nSPS) is 18.1. The van der Waals surface area contributed by atoms with E-state index in [0.717, 1.165) is 28.2 Å². The summed E-state index contributed by atoms with van der Waals surface area (Å²) in [5, 5.41) is 17.6. The highest BCUT2D eigenvalue weighted by atomic mass is 16.5. The molecule has 3 N–H and O–H groups in total. The minimum atomic E-state index is -0.507. The quantitative estimate of drug-likeness (QED) is 0.368. The van der Waals surface area contributed by atoms with Gasteiger partial charge in [-0.25, -0.2) is 0 Å². The number of hydrogen-bond donors (Lipinski definition) is 3. The molecular weight excluding hydrogens is 500 g/mol. The molecule has 0 unspecified atom stereocenters. The van der Waals surface area contributed by atoms with Crippen LogP contribution in [0, 0.1) is 0 Å². The van der Waals surface area contributed by atoms with E-state index in [1.54, 1.807) is 33.5 Å². The molecule has 0 radical (unpaired) electrons. The van der Waals surface area contributed by atoms with Crippen molar-refractivity contribution in [3.05, 3.63) is 70.9 Å². The molecule has 5 rings (SSSR count). The van der Waals surface area contributed by atoms with Crippen molar-refractivity contribution >= 4 is 17.2 Å². The van der Waals surface area contributed by atoms with Gasteiger partial charge in [-0.3, -0.25) is 4.79 Å². The number of anilines is 2. The predicted octanol–water partition coefficient (Wildman–Crippen LogP) is 5.41. The van der Waals surface area contributed by atoms with Crippen LogP contribution in [0.25, 0.3) is 0 Å². The number of phenols is 1. The Labute approximate surface area is 227 Å². The van der Waals surface area contributed by atoms with Gasteiger partial charge in [0.1, 0.15) is 0 Å². The van der Waals surface area contributed by atoms with Crippen LogP contribution in [-0.4, -0.2) is 46.4 Å². The van der Waals surface area contributed by atoms with Gasteiger partial charge in [0.05, 0.1) is 53.0 Å². The molecule has 39 heavy (non-hydrogen) atoms. The molecule has 0 amide bonds. The Morgan fingerprint density at radius 1 is 0.744 bits per heavy atom. The third kappa shape index (κ3) is 4.65. The minimum absolute atomic E-state index is 0.00110. The number of rotatable bonds is 7. The van der Waals surface area contributed by atoms with Crippen molar-refractivity contribution < 1.29 is 33.6 Å².